The van der Waals surface area contributed by atoms with Gasteiger partial charge in [-0.05, 0) is 29.8 Å². The zero-order chi connectivity index (χ0) is 20.7. The van der Waals surface area contributed by atoms with Crippen LogP contribution >= 0.6 is 0 Å². The minimum absolute atomic E-state index is 0.0955. The van der Waals surface area contributed by atoms with Gasteiger partial charge in [0.05, 0.1) is 27.3 Å². The Labute approximate surface area is 161 Å². The molecule has 2 aromatic carbocycles. The maximum Gasteiger partial charge on any atom is 0.266 e. The van der Waals surface area contributed by atoms with E-state index in [9.17, 15) is 20.0 Å². The van der Waals surface area contributed by atoms with E-state index in [0.29, 0.717) is 22.8 Å². The van der Waals surface area contributed by atoms with Crippen molar-refractivity contribution >= 4 is 23.6 Å². The molecule has 0 aliphatic rings. The lowest BCUT2D eigenvalue weighted by Gasteiger charge is -2.12. The molecule has 0 atom stereocenters. The number of carboxylic acids is 1. The van der Waals surface area contributed by atoms with E-state index in [1.807, 2.05) is 6.07 Å². The third-order valence-electron chi connectivity index (χ3n) is 3.76. The highest BCUT2D eigenvalue weighted by molar-refractivity contribution is 6.10. The van der Waals surface area contributed by atoms with E-state index < -0.39 is 11.9 Å². The number of benzene rings is 2. The fourth-order valence-corrected chi connectivity index (χ4v) is 2.39. The summed E-state index contributed by atoms with van der Waals surface area (Å²) in [5.74, 6) is -0.887. The third-order valence-corrected chi connectivity index (χ3v) is 3.76. The number of ether oxygens (including phenoxy) is 3. The van der Waals surface area contributed by atoms with Gasteiger partial charge in [0.15, 0.2) is 11.5 Å². The Hall–Kier alpha value is -3.99. The molecule has 144 valence electrons. The van der Waals surface area contributed by atoms with Gasteiger partial charge in [0.2, 0.25) is 0 Å². The minimum Gasteiger partial charge on any atom is -0.545 e. The van der Waals surface area contributed by atoms with E-state index in [-0.39, 0.29) is 16.8 Å². The molecule has 0 spiro atoms. The van der Waals surface area contributed by atoms with Crippen LogP contribution < -0.4 is 24.6 Å². The van der Waals surface area contributed by atoms with Crippen molar-refractivity contribution in [2.45, 2.75) is 0 Å². The monoisotopic (exact) mass is 381 g/mol. The highest BCUT2D eigenvalue weighted by Crippen LogP contribution is 2.35. The molecule has 0 fully saturated rings. The topological polar surface area (TPSA) is 121 Å². The number of hydrogen-bond acceptors (Lipinski definition) is 7. The van der Waals surface area contributed by atoms with Crippen molar-refractivity contribution in [3.8, 4) is 23.3 Å². The summed E-state index contributed by atoms with van der Waals surface area (Å²) in [6.07, 6.45) is 1.33. The van der Waals surface area contributed by atoms with Crippen molar-refractivity contribution in [2.24, 2.45) is 0 Å². The van der Waals surface area contributed by atoms with Crippen molar-refractivity contribution in [3.05, 3.63) is 53.1 Å². The average Bonchev–Trinajstić information content (AvgIpc) is 2.71. The number of aromatic carboxylic acids is 1. The quantitative estimate of drug-likeness (QED) is 0.571. The lowest BCUT2D eigenvalue weighted by Crippen LogP contribution is -2.22. The van der Waals surface area contributed by atoms with Crippen LogP contribution in [0.25, 0.3) is 6.08 Å². The molecule has 0 unspecified atom stereocenters. The fraction of sp³-hybridized carbons (Fsp3) is 0.150. The molecule has 1 N–H and O–H groups in total. The number of hydrogen-bond donors (Lipinski definition) is 1. The summed E-state index contributed by atoms with van der Waals surface area (Å²) in [6.45, 7) is 0. The number of amides is 1. The Morgan fingerprint density at radius 1 is 1.04 bits per heavy atom. The normalized spacial score (nSPS) is 10.6. The van der Waals surface area contributed by atoms with Crippen molar-refractivity contribution in [3.63, 3.8) is 0 Å². The molecule has 8 nitrogen and oxygen atoms in total. The second-order valence-electron chi connectivity index (χ2n) is 5.44. The summed E-state index contributed by atoms with van der Waals surface area (Å²) in [5.41, 5.74) is 0.327. The summed E-state index contributed by atoms with van der Waals surface area (Å²) < 4.78 is 15.7. The molecule has 28 heavy (non-hydrogen) atoms. The lowest BCUT2D eigenvalue weighted by molar-refractivity contribution is -0.255. The smallest absolute Gasteiger partial charge is 0.266 e. The van der Waals surface area contributed by atoms with E-state index in [4.69, 9.17) is 14.2 Å². The fourth-order valence-electron chi connectivity index (χ4n) is 2.39. The number of nitrogens with one attached hydrogen (secondary N) is 1. The minimum atomic E-state index is -1.37. The summed E-state index contributed by atoms with van der Waals surface area (Å²) in [6, 6.07) is 10.5. The highest BCUT2D eigenvalue weighted by Gasteiger charge is 2.15. The number of nitriles is 1. The summed E-state index contributed by atoms with van der Waals surface area (Å²) in [5, 5.41) is 22.8. The first-order valence-electron chi connectivity index (χ1n) is 7.98. The summed E-state index contributed by atoms with van der Waals surface area (Å²) in [4.78, 5) is 23.4. The van der Waals surface area contributed by atoms with Crippen LogP contribution in [0, 0.1) is 11.3 Å². The number of carbonyl (C=O) groups excluding carboxylic acids is 2. The highest BCUT2D eigenvalue weighted by atomic mass is 16.5. The molecule has 0 aromatic heterocycles. The van der Waals surface area contributed by atoms with Crippen LogP contribution in [-0.2, 0) is 4.79 Å². The van der Waals surface area contributed by atoms with Gasteiger partial charge < -0.3 is 29.4 Å². The van der Waals surface area contributed by atoms with Gasteiger partial charge in [-0.2, -0.15) is 5.26 Å². The Kier molecular flexibility index (Phi) is 6.60. The first-order valence-corrected chi connectivity index (χ1v) is 7.98. The van der Waals surface area contributed by atoms with Crippen LogP contribution in [-0.4, -0.2) is 33.2 Å². The molecule has 1 amide bonds. The lowest BCUT2D eigenvalue weighted by atomic mass is 10.1. The molecule has 0 bridgehead atoms. The first-order chi connectivity index (χ1) is 13.4. The molecule has 0 aliphatic carbocycles. The molecular formula is C20H17N2O6-. The van der Waals surface area contributed by atoms with Gasteiger partial charge in [0, 0.05) is 17.3 Å². The maximum atomic E-state index is 12.4. The van der Waals surface area contributed by atoms with Crippen LogP contribution in [0.1, 0.15) is 15.9 Å². The molecule has 2 aromatic rings. The van der Waals surface area contributed by atoms with Gasteiger partial charge in [-0.3, -0.25) is 4.79 Å². The van der Waals surface area contributed by atoms with E-state index >= 15 is 0 Å². The van der Waals surface area contributed by atoms with E-state index in [1.165, 1.54) is 51.7 Å². The van der Waals surface area contributed by atoms with Crippen molar-refractivity contribution in [2.75, 3.05) is 26.6 Å². The van der Waals surface area contributed by atoms with Gasteiger partial charge in [-0.25, -0.2) is 0 Å². The Morgan fingerprint density at radius 3 is 2.25 bits per heavy atom. The maximum absolute atomic E-state index is 12.4. The number of rotatable bonds is 7. The van der Waals surface area contributed by atoms with Gasteiger partial charge in [-0.1, -0.05) is 12.1 Å². The van der Waals surface area contributed by atoms with Crippen molar-refractivity contribution in [1.82, 2.24) is 0 Å². The van der Waals surface area contributed by atoms with Crippen LogP contribution in [0.3, 0.4) is 0 Å². The zero-order valence-corrected chi connectivity index (χ0v) is 15.4. The molecule has 8 heteroatoms. The Morgan fingerprint density at radius 2 is 1.68 bits per heavy atom. The number of nitrogens with zero attached hydrogens (tertiary/aromatic N) is 1. The second-order valence-corrected chi connectivity index (χ2v) is 5.44. The van der Waals surface area contributed by atoms with E-state index in [1.54, 1.807) is 12.1 Å². The predicted octanol–water partition coefficient (Wildman–Crippen LogP) is 1.62. The number of carbonyl (C=O) groups is 2. The number of carboxylic acid groups (broad SMARTS) is 1. The van der Waals surface area contributed by atoms with Gasteiger partial charge in [0.1, 0.15) is 17.4 Å². The number of anilines is 1. The second kappa shape index (κ2) is 9.09. The Bertz CT molecular complexity index is 975. The molecule has 2 rings (SSSR count). The Balaban J connectivity index is 2.38. The van der Waals surface area contributed by atoms with Crippen LogP contribution in [0.2, 0.25) is 0 Å². The first kappa shape index (κ1) is 20.3. The molecular weight excluding hydrogens is 364 g/mol. The molecule has 0 aliphatic heterocycles. The van der Waals surface area contributed by atoms with Crippen LogP contribution in [0.5, 0.6) is 17.2 Å². The summed E-state index contributed by atoms with van der Waals surface area (Å²) >= 11 is 0. The van der Waals surface area contributed by atoms with Gasteiger partial charge in [0.25, 0.3) is 5.91 Å². The zero-order valence-electron chi connectivity index (χ0n) is 15.4. The van der Waals surface area contributed by atoms with E-state index in [0.717, 1.165) is 0 Å². The average molecular weight is 381 g/mol. The van der Waals surface area contributed by atoms with Crippen LogP contribution in [0.4, 0.5) is 5.69 Å². The van der Waals surface area contributed by atoms with Gasteiger partial charge in [-0.15, -0.1) is 0 Å². The molecule has 0 radical (unpaired) electrons. The molecule has 0 saturated heterocycles. The SMILES string of the molecule is COc1cc(OC)c(OC)cc1/C=C(/C#N)C(=O)Nc1cccc(C(=O)[O-])c1. The van der Waals surface area contributed by atoms with Crippen molar-refractivity contribution in [1.29, 1.82) is 5.26 Å². The van der Waals surface area contributed by atoms with Gasteiger partial charge >= 0.3 is 0 Å². The largest absolute Gasteiger partial charge is 0.545 e. The molecule has 0 heterocycles. The molecule has 0 saturated carbocycles. The standard InChI is InChI=1S/C20H18N2O6/c1-26-16-10-18(28-3)17(27-2)9-13(16)7-14(11-21)19(23)22-15-6-4-5-12(8-15)20(24)25/h4-10H,1-3H3,(H,22,23)(H,24,25)/p-1/b14-7-. The predicted molar refractivity (Wildman–Crippen MR) is 99.1 cm³/mol. The van der Waals surface area contributed by atoms with Crippen molar-refractivity contribution < 1.29 is 28.9 Å². The third kappa shape index (κ3) is 4.59. The number of methoxy groups -OCH3 is 3. The summed E-state index contributed by atoms with van der Waals surface area (Å²) in [7, 11) is 4.37. The van der Waals surface area contributed by atoms with E-state index in [2.05, 4.69) is 5.32 Å². The van der Waals surface area contributed by atoms with Crippen LogP contribution in [0.15, 0.2) is 42.0 Å².